The van der Waals surface area contributed by atoms with Crippen molar-refractivity contribution in [2.45, 2.75) is 13.0 Å². The standard InChI is InChI=1S/C16H19ClN4O/c1-20-10-12(9-19-20)8-18-16(22)13-6-7-21(11-13)15-5-3-2-4-14(15)17/h2-5,9-10,13H,6-8,11H2,1H3,(H,18,22). The lowest BCUT2D eigenvalue weighted by Gasteiger charge is -2.19. The van der Waals surface area contributed by atoms with Crippen LogP contribution in [-0.2, 0) is 18.4 Å². The minimum absolute atomic E-state index is 0.00736. The van der Waals surface area contributed by atoms with Crippen LogP contribution in [0.2, 0.25) is 5.02 Å². The molecule has 5 nitrogen and oxygen atoms in total. The van der Waals surface area contributed by atoms with Gasteiger partial charge in [0.25, 0.3) is 0 Å². The van der Waals surface area contributed by atoms with Crippen LogP contribution in [0.1, 0.15) is 12.0 Å². The third-order valence-corrected chi connectivity index (χ3v) is 4.30. The van der Waals surface area contributed by atoms with Gasteiger partial charge in [-0.2, -0.15) is 5.10 Å². The zero-order valence-corrected chi connectivity index (χ0v) is 13.3. The minimum atomic E-state index is 0.00736. The van der Waals surface area contributed by atoms with Crippen molar-refractivity contribution in [3.05, 3.63) is 47.2 Å². The van der Waals surface area contributed by atoms with Crippen LogP contribution in [0.15, 0.2) is 36.7 Å². The van der Waals surface area contributed by atoms with Crippen LogP contribution in [0.3, 0.4) is 0 Å². The van der Waals surface area contributed by atoms with Gasteiger partial charge in [0.15, 0.2) is 0 Å². The molecule has 2 heterocycles. The van der Waals surface area contributed by atoms with Crippen LogP contribution in [-0.4, -0.2) is 28.8 Å². The average molecular weight is 319 g/mol. The molecule has 1 N–H and O–H groups in total. The molecular weight excluding hydrogens is 300 g/mol. The second-order valence-electron chi connectivity index (χ2n) is 5.62. The van der Waals surface area contributed by atoms with Gasteiger partial charge in [0.1, 0.15) is 0 Å². The summed E-state index contributed by atoms with van der Waals surface area (Å²) >= 11 is 6.22. The number of amides is 1. The van der Waals surface area contributed by atoms with E-state index in [0.717, 1.165) is 29.2 Å². The number of nitrogens with zero attached hydrogens (tertiary/aromatic N) is 3. The first-order valence-electron chi connectivity index (χ1n) is 7.38. The lowest BCUT2D eigenvalue weighted by molar-refractivity contribution is -0.124. The Labute approximate surface area is 134 Å². The Bertz CT molecular complexity index is 670. The lowest BCUT2D eigenvalue weighted by Crippen LogP contribution is -2.32. The van der Waals surface area contributed by atoms with Gasteiger partial charge in [-0.1, -0.05) is 23.7 Å². The zero-order chi connectivity index (χ0) is 15.5. The molecule has 22 heavy (non-hydrogen) atoms. The van der Waals surface area contributed by atoms with Gasteiger partial charge in [0, 0.05) is 38.4 Å². The van der Waals surface area contributed by atoms with E-state index in [-0.39, 0.29) is 11.8 Å². The Balaban J connectivity index is 1.56. The Morgan fingerprint density at radius 2 is 2.27 bits per heavy atom. The molecule has 2 aromatic rings. The van der Waals surface area contributed by atoms with E-state index >= 15 is 0 Å². The third-order valence-electron chi connectivity index (χ3n) is 3.98. The molecular formula is C16H19ClN4O. The Kier molecular flexibility index (Phi) is 4.34. The van der Waals surface area contributed by atoms with Gasteiger partial charge in [-0.15, -0.1) is 0 Å². The van der Waals surface area contributed by atoms with Crippen LogP contribution in [0.25, 0.3) is 0 Å². The number of hydrogen-bond donors (Lipinski definition) is 1. The van der Waals surface area contributed by atoms with Gasteiger partial charge in [-0.05, 0) is 18.6 Å². The number of carbonyl (C=O) groups excluding carboxylic acids is 1. The summed E-state index contributed by atoms with van der Waals surface area (Å²) in [5, 5.41) is 7.82. The SMILES string of the molecule is Cn1cc(CNC(=O)C2CCN(c3ccccc3Cl)C2)cn1. The molecule has 1 saturated heterocycles. The number of hydrogen-bond acceptors (Lipinski definition) is 3. The molecule has 0 radical (unpaired) electrons. The number of rotatable bonds is 4. The smallest absolute Gasteiger partial charge is 0.225 e. The normalized spacial score (nSPS) is 17.7. The first-order chi connectivity index (χ1) is 10.6. The van der Waals surface area contributed by atoms with Gasteiger partial charge in [0.05, 0.1) is 22.8 Å². The van der Waals surface area contributed by atoms with Crippen molar-refractivity contribution in [2.24, 2.45) is 13.0 Å². The predicted molar refractivity (Wildman–Crippen MR) is 86.8 cm³/mol. The fourth-order valence-corrected chi connectivity index (χ4v) is 3.05. The van der Waals surface area contributed by atoms with Crippen molar-refractivity contribution in [2.75, 3.05) is 18.0 Å². The summed E-state index contributed by atoms with van der Waals surface area (Å²) in [4.78, 5) is 14.5. The molecule has 1 fully saturated rings. The van der Waals surface area contributed by atoms with Gasteiger partial charge >= 0.3 is 0 Å². The summed E-state index contributed by atoms with van der Waals surface area (Å²) in [7, 11) is 1.86. The van der Waals surface area contributed by atoms with Crippen molar-refractivity contribution in [1.82, 2.24) is 15.1 Å². The zero-order valence-electron chi connectivity index (χ0n) is 12.5. The molecule has 116 valence electrons. The number of para-hydroxylation sites is 1. The molecule has 1 atom stereocenters. The van der Waals surface area contributed by atoms with Gasteiger partial charge in [-0.25, -0.2) is 0 Å². The quantitative estimate of drug-likeness (QED) is 0.940. The van der Waals surface area contributed by atoms with Crippen molar-refractivity contribution < 1.29 is 4.79 Å². The molecule has 1 amide bonds. The molecule has 0 aliphatic carbocycles. The number of benzene rings is 1. The summed E-state index contributed by atoms with van der Waals surface area (Å²) in [6, 6.07) is 7.77. The number of carbonyl (C=O) groups is 1. The molecule has 0 saturated carbocycles. The highest BCUT2D eigenvalue weighted by Crippen LogP contribution is 2.30. The van der Waals surface area contributed by atoms with E-state index in [0.29, 0.717) is 13.1 Å². The fourth-order valence-electron chi connectivity index (χ4n) is 2.80. The maximum atomic E-state index is 12.3. The number of aryl methyl sites for hydroxylation is 1. The molecule has 0 spiro atoms. The van der Waals surface area contributed by atoms with E-state index in [2.05, 4.69) is 15.3 Å². The Morgan fingerprint density at radius 3 is 3.00 bits per heavy atom. The van der Waals surface area contributed by atoms with E-state index in [9.17, 15) is 4.79 Å². The highest BCUT2D eigenvalue weighted by molar-refractivity contribution is 6.33. The average Bonchev–Trinajstić information content (AvgIpc) is 3.14. The Hall–Kier alpha value is -2.01. The molecule has 1 aromatic carbocycles. The van der Waals surface area contributed by atoms with E-state index in [1.165, 1.54) is 0 Å². The molecule has 1 aliphatic heterocycles. The summed E-state index contributed by atoms with van der Waals surface area (Å²) in [6.45, 7) is 2.09. The van der Waals surface area contributed by atoms with Crippen LogP contribution < -0.4 is 10.2 Å². The van der Waals surface area contributed by atoms with Crippen molar-refractivity contribution in [1.29, 1.82) is 0 Å². The van der Waals surface area contributed by atoms with Crippen LogP contribution in [0.4, 0.5) is 5.69 Å². The first kappa shape index (κ1) is 14.9. The minimum Gasteiger partial charge on any atom is -0.370 e. The Morgan fingerprint density at radius 1 is 1.45 bits per heavy atom. The molecule has 1 aliphatic rings. The van der Waals surface area contributed by atoms with Crippen LogP contribution in [0.5, 0.6) is 0 Å². The van der Waals surface area contributed by atoms with E-state index in [1.807, 2.05) is 37.5 Å². The number of aromatic nitrogens is 2. The topological polar surface area (TPSA) is 50.2 Å². The molecule has 6 heteroatoms. The first-order valence-corrected chi connectivity index (χ1v) is 7.76. The van der Waals surface area contributed by atoms with E-state index in [1.54, 1.807) is 10.9 Å². The van der Waals surface area contributed by atoms with Crippen molar-refractivity contribution >= 4 is 23.2 Å². The largest absolute Gasteiger partial charge is 0.370 e. The maximum Gasteiger partial charge on any atom is 0.225 e. The third kappa shape index (κ3) is 3.25. The molecule has 1 aromatic heterocycles. The highest BCUT2D eigenvalue weighted by Gasteiger charge is 2.29. The molecule has 1 unspecified atom stereocenters. The summed E-state index contributed by atoms with van der Waals surface area (Å²) in [5.41, 5.74) is 2.02. The second kappa shape index (κ2) is 6.40. The van der Waals surface area contributed by atoms with Gasteiger partial charge in [0.2, 0.25) is 5.91 Å². The van der Waals surface area contributed by atoms with Crippen molar-refractivity contribution in [3.63, 3.8) is 0 Å². The van der Waals surface area contributed by atoms with Crippen LogP contribution in [0, 0.1) is 5.92 Å². The lowest BCUT2D eigenvalue weighted by atomic mass is 10.1. The maximum absolute atomic E-state index is 12.3. The summed E-state index contributed by atoms with van der Waals surface area (Å²) < 4.78 is 1.73. The molecule has 0 bridgehead atoms. The van der Waals surface area contributed by atoms with Gasteiger partial charge < -0.3 is 10.2 Å². The summed E-state index contributed by atoms with van der Waals surface area (Å²) in [5.74, 6) is 0.103. The fraction of sp³-hybridized carbons (Fsp3) is 0.375. The number of nitrogens with one attached hydrogen (secondary N) is 1. The molecule has 3 rings (SSSR count). The van der Waals surface area contributed by atoms with E-state index in [4.69, 9.17) is 11.6 Å². The van der Waals surface area contributed by atoms with E-state index < -0.39 is 0 Å². The second-order valence-corrected chi connectivity index (χ2v) is 6.03. The summed E-state index contributed by atoms with van der Waals surface area (Å²) in [6.07, 6.45) is 4.53. The van der Waals surface area contributed by atoms with Gasteiger partial charge in [-0.3, -0.25) is 9.48 Å². The van der Waals surface area contributed by atoms with Crippen LogP contribution >= 0.6 is 11.6 Å². The highest BCUT2D eigenvalue weighted by atomic mass is 35.5. The predicted octanol–water partition coefficient (Wildman–Crippen LogP) is 2.22. The van der Waals surface area contributed by atoms with Crippen molar-refractivity contribution in [3.8, 4) is 0 Å². The monoisotopic (exact) mass is 318 g/mol. The number of halogens is 1. The number of anilines is 1.